The third-order valence-electron chi connectivity index (χ3n) is 5.78. The fourth-order valence-electron chi connectivity index (χ4n) is 4.26. The number of allylic oxidation sites excluding steroid dienone is 1. The van der Waals surface area contributed by atoms with E-state index in [-0.39, 0.29) is 0 Å². The van der Waals surface area contributed by atoms with Crippen molar-refractivity contribution in [3.63, 3.8) is 0 Å². The Bertz CT molecular complexity index is 1670. The molecule has 0 atom stereocenters. The number of benzene rings is 2. The first-order chi connectivity index (χ1) is 17.5. The van der Waals surface area contributed by atoms with Crippen LogP contribution in [0.1, 0.15) is 27.9 Å². The molecule has 0 fully saturated rings. The second-order valence-corrected chi connectivity index (χ2v) is 8.33. The zero-order chi connectivity index (χ0) is 25.2. The van der Waals surface area contributed by atoms with E-state index in [2.05, 4.69) is 16.4 Å². The summed E-state index contributed by atoms with van der Waals surface area (Å²) in [6.45, 7) is 5.94. The smallest absolute Gasteiger partial charge is 0.229 e. The Balaban J connectivity index is 1.72. The molecule has 3 heterocycles. The van der Waals surface area contributed by atoms with Crippen LogP contribution < -0.4 is 5.32 Å². The molecular formula is C28H21N7O. The lowest BCUT2D eigenvalue weighted by Gasteiger charge is -2.15. The van der Waals surface area contributed by atoms with Gasteiger partial charge in [0.2, 0.25) is 5.95 Å². The highest BCUT2D eigenvalue weighted by Gasteiger charge is 2.22. The Labute approximate surface area is 207 Å². The van der Waals surface area contributed by atoms with Crippen molar-refractivity contribution in [2.45, 2.75) is 20.8 Å². The van der Waals surface area contributed by atoms with Gasteiger partial charge in [0.05, 0.1) is 35.3 Å². The van der Waals surface area contributed by atoms with Gasteiger partial charge in [-0.3, -0.25) is 4.57 Å². The van der Waals surface area contributed by atoms with Gasteiger partial charge in [0.15, 0.2) is 17.2 Å². The molecule has 0 bridgehead atoms. The molecule has 0 aliphatic carbocycles. The number of nitrogens with zero attached hydrogens (tertiary/aromatic N) is 6. The van der Waals surface area contributed by atoms with E-state index in [1.807, 2.05) is 67.8 Å². The molecule has 5 rings (SSSR count). The highest BCUT2D eigenvalue weighted by atomic mass is 16.3. The lowest BCUT2D eigenvalue weighted by atomic mass is 10.0. The molecule has 2 aromatic carbocycles. The minimum Gasteiger partial charge on any atom is -0.461 e. The minimum absolute atomic E-state index is 0.417. The normalized spacial score (nSPS) is 11.0. The number of nitriles is 2. The van der Waals surface area contributed by atoms with Crippen LogP contribution in [0.25, 0.3) is 34.5 Å². The molecule has 0 aliphatic rings. The molecule has 1 N–H and O–H groups in total. The Morgan fingerprint density at radius 2 is 1.72 bits per heavy atom. The maximum absolute atomic E-state index is 9.07. The molecule has 0 amide bonds. The van der Waals surface area contributed by atoms with Crippen LogP contribution >= 0.6 is 0 Å². The summed E-state index contributed by atoms with van der Waals surface area (Å²) < 4.78 is 7.73. The van der Waals surface area contributed by atoms with Crippen LogP contribution in [0.15, 0.2) is 65.3 Å². The van der Waals surface area contributed by atoms with Crippen molar-refractivity contribution in [1.82, 2.24) is 19.5 Å². The topological polar surface area (TPSA) is 116 Å². The monoisotopic (exact) mass is 471 g/mol. The molecule has 0 spiro atoms. The number of hydrogen-bond acceptors (Lipinski definition) is 7. The van der Waals surface area contributed by atoms with Crippen LogP contribution in [-0.4, -0.2) is 19.5 Å². The van der Waals surface area contributed by atoms with Gasteiger partial charge in [0.25, 0.3) is 0 Å². The molecular weight excluding hydrogens is 450 g/mol. The molecule has 3 aromatic heterocycles. The van der Waals surface area contributed by atoms with Gasteiger partial charge in [-0.05, 0) is 92.1 Å². The molecule has 8 nitrogen and oxygen atoms in total. The largest absolute Gasteiger partial charge is 0.461 e. The predicted molar refractivity (Wildman–Crippen MR) is 138 cm³/mol. The van der Waals surface area contributed by atoms with E-state index in [0.29, 0.717) is 40.0 Å². The van der Waals surface area contributed by atoms with Crippen molar-refractivity contribution in [2.75, 3.05) is 5.32 Å². The Hall–Kier alpha value is -5.21. The van der Waals surface area contributed by atoms with Gasteiger partial charge in [-0.25, -0.2) is 9.97 Å². The van der Waals surface area contributed by atoms with Crippen LogP contribution in [0.5, 0.6) is 0 Å². The van der Waals surface area contributed by atoms with Crippen LogP contribution in [0, 0.1) is 43.4 Å². The molecule has 174 valence electrons. The van der Waals surface area contributed by atoms with E-state index >= 15 is 0 Å². The van der Waals surface area contributed by atoms with Gasteiger partial charge in [-0.1, -0.05) is 0 Å². The SMILES string of the molecule is Cc1cc(/C=C/C#N)cc(C)c1-n1c(-c2ccco2)nc2c(C)nc(Nc3ccc(C#N)cc3)nc21. The highest BCUT2D eigenvalue weighted by Crippen LogP contribution is 2.33. The van der Waals surface area contributed by atoms with Crippen LogP contribution in [-0.2, 0) is 0 Å². The number of furan rings is 1. The summed E-state index contributed by atoms with van der Waals surface area (Å²) in [6.07, 6.45) is 4.87. The molecule has 0 unspecified atom stereocenters. The van der Waals surface area contributed by atoms with E-state index in [4.69, 9.17) is 24.9 Å². The summed E-state index contributed by atoms with van der Waals surface area (Å²) in [5, 5.41) is 21.2. The molecule has 8 heteroatoms. The molecule has 0 saturated heterocycles. The average Bonchev–Trinajstić information content (AvgIpc) is 3.52. The van der Waals surface area contributed by atoms with Crippen molar-refractivity contribution >= 4 is 28.9 Å². The maximum atomic E-state index is 9.07. The van der Waals surface area contributed by atoms with Gasteiger partial charge in [-0.15, -0.1) is 0 Å². The second kappa shape index (κ2) is 9.21. The number of hydrogen-bond donors (Lipinski definition) is 1. The molecule has 36 heavy (non-hydrogen) atoms. The van der Waals surface area contributed by atoms with Gasteiger partial charge < -0.3 is 9.73 Å². The quantitative estimate of drug-likeness (QED) is 0.305. The van der Waals surface area contributed by atoms with Gasteiger partial charge in [0, 0.05) is 11.8 Å². The summed E-state index contributed by atoms with van der Waals surface area (Å²) in [4.78, 5) is 14.4. The van der Waals surface area contributed by atoms with Crippen molar-refractivity contribution in [1.29, 1.82) is 10.5 Å². The van der Waals surface area contributed by atoms with Gasteiger partial charge in [-0.2, -0.15) is 15.5 Å². The Morgan fingerprint density at radius 1 is 0.972 bits per heavy atom. The maximum Gasteiger partial charge on any atom is 0.229 e. The molecule has 0 saturated carbocycles. The number of nitrogens with one attached hydrogen (secondary N) is 1. The highest BCUT2D eigenvalue weighted by molar-refractivity contribution is 5.83. The Kier molecular flexibility index (Phi) is 5.77. The standard InChI is InChI=1S/C28H21N7O/c1-17-14-21(6-4-12-29)15-18(2)25(17)35-26(23-7-5-13-36-23)33-24-19(3)31-28(34-27(24)35)32-22-10-8-20(16-30)9-11-22/h4-11,13-15H,1-3H3,(H,31,32,34)/b6-4+. The zero-order valence-electron chi connectivity index (χ0n) is 19.9. The van der Waals surface area contributed by atoms with Gasteiger partial charge >= 0.3 is 0 Å². The van der Waals surface area contributed by atoms with Crippen molar-refractivity contribution < 1.29 is 4.42 Å². The minimum atomic E-state index is 0.417. The van der Waals surface area contributed by atoms with E-state index in [1.165, 1.54) is 6.08 Å². The number of aryl methyl sites for hydroxylation is 3. The summed E-state index contributed by atoms with van der Waals surface area (Å²) in [6, 6.07) is 19.0. The van der Waals surface area contributed by atoms with E-state index in [0.717, 1.165) is 28.1 Å². The number of imidazole rings is 1. The average molecular weight is 472 g/mol. The number of aromatic nitrogens is 4. The third kappa shape index (κ3) is 4.08. The fraction of sp³-hybridized carbons (Fsp3) is 0.107. The summed E-state index contributed by atoms with van der Waals surface area (Å²) in [7, 11) is 0. The summed E-state index contributed by atoms with van der Waals surface area (Å²) in [5.41, 5.74) is 7.23. The van der Waals surface area contributed by atoms with Crippen molar-refractivity contribution in [2.24, 2.45) is 0 Å². The molecule has 0 aliphatic heterocycles. The summed E-state index contributed by atoms with van der Waals surface area (Å²) in [5.74, 6) is 1.65. The van der Waals surface area contributed by atoms with Crippen molar-refractivity contribution in [3.8, 4) is 29.4 Å². The lowest BCUT2D eigenvalue weighted by molar-refractivity contribution is 0.576. The molecule has 5 aromatic rings. The van der Waals surface area contributed by atoms with Crippen LogP contribution in [0.3, 0.4) is 0 Å². The first kappa shape index (κ1) is 22.6. The number of fused-ring (bicyclic) bond motifs is 1. The van der Waals surface area contributed by atoms with Gasteiger partial charge in [0.1, 0.15) is 5.52 Å². The second-order valence-electron chi connectivity index (χ2n) is 8.33. The Morgan fingerprint density at radius 3 is 2.36 bits per heavy atom. The zero-order valence-corrected chi connectivity index (χ0v) is 19.9. The number of anilines is 2. The van der Waals surface area contributed by atoms with Crippen LogP contribution in [0.4, 0.5) is 11.6 Å². The van der Waals surface area contributed by atoms with E-state index < -0.39 is 0 Å². The molecule has 0 radical (unpaired) electrons. The predicted octanol–water partition coefficient (Wildman–Crippen LogP) is 6.15. The van der Waals surface area contributed by atoms with E-state index in [9.17, 15) is 0 Å². The first-order valence-corrected chi connectivity index (χ1v) is 11.2. The summed E-state index contributed by atoms with van der Waals surface area (Å²) >= 11 is 0. The van der Waals surface area contributed by atoms with Crippen LogP contribution in [0.2, 0.25) is 0 Å². The fourth-order valence-corrected chi connectivity index (χ4v) is 4.26. The van der Waals surface area contributed by atoms with E-state index in [1.54, 1.807) is 24.5 Å². The third-order valence-corrected chi connectivity index (χ3v) is 5.78. The number of rotatable bonds is 5. The first-order valence-electron chi connectivity index (χ1n) is 11.2. The van der Waals surface area contributed by atoms with Crippen molar-refractivity contribution in [3.05, 3.63) is 88.8 Å². The lowest BCUT2D eigenvalue weighted by Crippen LogP contribution is -2.06.